The monoisotopic (exact) mass is 466 g/mol. The molecule has 0 unspecified atom stereocenters. The molecular weight excluding hydrogens is 448 g/mol. The van der Waals surface area contributed by atoms with E-state index in [9.17, 15) is 0 Å². The number of benzene rings is 2. The van der Waals surface area contributed by atoms with Crippen molar-refractivity contribution in [2.45, 2.75) is 26.6 Å². The number of rotatable bonds is 7. The van der Waals surface area contributed by atoms with Gasteiger partial charge in [0, 0.05) is 17.9 Å². The second-order valence-electron chi connectivity index (χ2n) is 6.21. The Morgan fingerprint density at radius 3 is 2.41 bits per heavy atom. The van der Waals surface area contributed by atoms with Gasteiger partial charge in [-0.15, -0.1) is 10.2 Å². The summed E-state index contributed by atoms with van der Waals surface area (Å²) in [6.45, 7) is 1.27. The van der Waals surface area contributed by atoms with Crippen LogP contribution in [0.4, 0.5) is 0 Å². The molecule has 0 bridgehead atoms. The van der Waals surface area contributed by atoms with E-state index in [1.54, 1.807) is 42.0 Å². The largest absolute Gasteiger partial charge is 0.497 e. The van der Waals surface area contributed by atoms with Gasteiger partial charge in [0.1, 0.15) is 5.75 Å². The van der Waals surface area contributed by atoms with Gasteiger partial charge in [-0.1, -0.05) is 58.6 Å². The van der Waals surface area contributed by atoms with Crippen molar-refractivity contribution in [2.24, 2.45) is 0 Å². The normalized spacial score (nSPS) is 13.2. The number of ether oxygens (including phenoxy) is 3. The number of methoxy groups -OCH3 is 1. The minimum atomic E-state index is 0.591. The third kappa shape index (κ3) is 5.51. The highest BCUT2D eigenvalue weighted by atomic mass is 35.5. The van der Waals surface area contributed by atoms with Crippen molar-refractivity contribution in [3.8, 4) is 17.2 Å². The van der Waals surface area contributed by atoms with Gasteiger partial charge in [0.05, 0.1) is 25.3 Å². The van der Waals surface area contributed by atoms with Crippen molar-refractivity contribution in [2.75, 3.05) is 20.3 Å². The molecule has 0 aliphatic carbocycles. The van der Waals surface area contributed by atoms with Crippen molar-refractivity contribution in [3.05, 3.63) is 52.5 Å². The molecule has 4 rings (SSSR count). The first-order valence-corrected chi connectivity index (χ1v) is 12.2. The fourth-order valence-corrected chi connectivity index (χ4v) is 5.89. The molecule has 0 radical (unpaired) electrons. The molecule has 0 fully saturated rings. The SMILES string of the molecule is COc1ccc(CSc2nnc(SCc3cc(Cl)c4c(c3)OCCCO4)s2)cc1. The van der Waals surface area contributed by atoms with Crippen LogP contribution in [0.5, 0.6) is 17.2 Å². The quantitative estimate of drug-likeness (QED) is 0.399. The fraction of sp³-hybridized carbons (Fsp3) is 0.300. The number of hydrogen-bond acceptors (Lipinski definition) is 8. The molecule has 1 aliphatic rings. The van der Waals surface area contributed by atoms with Crippen molar-refractivity contribution >= 4 is 46.5 Å². The van der Waals surface area contributed by atoms with Crippen molar-refractivity contribution in [3.63, 3.8) is 0 Å². The van der Waals surface area contributed by atoms with Gasteiger partial charge >= 0.3 is 0 Å². The van der Waals surface area contributed by atoms with E-state index in [0.717, 1.165) is 43.7 Å². The number of aromatic nitrogens is 2. The van der Waals surface area contributed by atoms with Crippen LogP contribution in [-0.4, -0.2) is 30.5 Å². The number of hydrogen-bond donors (Lipinski definition) is 0. The zero-order valence-corrected chi connectivity index (χ0v) is 18.9. The van der Waals surface area contributed by atoms with Crippen LogP contribution in [0.3, 0.4) is 0 Å². The van der Waals surface area contributed by atoms with Crippen LogP contribution in [0.25, 0.3) is 0 Å². The zero-order chi connectivity index (χ0) is 20.1. The molecule has 3 aromatic rings. The lowest BCUT2D eigenvalue weighted by Gasteiger charge is -2.11. The Labute approximate surface area is 187 Å². The molecule has 0 atom stereocenters. The molecule has 0 spiro atoms. The van der Waals surface area contributed by atoms with Crippen molar-refractivity contribution in [1.82, 2.24) is 10.2 Å². The minimum absolute atomic E-state index is 0.591. The molecule has 2 aromatic carbocycles. The Bertz CT molecular complexity index is 966. The predicted octanol–water partition coefficient (Wildman–Crippen LogP) is 5.95. The maximum atomic E-state index is 6.37. The summed E-state index contributed by atoms with van der Waals surface area (Å²) in [6.07, 6.45) is 0.858. The zero-order valence-electron chi connectivity index (χ0n) is 15.7. The molecule has 0 saturated heterocycles. The Kier molecular flexibility index (Phi) is 7.07. The molecular formula is C20H19ClN2O3S3. The molecule has 152 valence electrons. The molecule has 2 heterocycles. The first-order chi connectivity index (χ1) is 14.2. The van der Waals surface area contributed by atoms with Gasteiger partial charge in [-0.3, -0.25) is 0 Å². The summed E-state index contributed by atoms with van der Waals surface area (Å²) in [7, 11) is 1.67. The van der Waals surface area contributed by atoms with Crippen LogP contribution in [0, 0.1) is 0 Å². The third-order valence-corrected chi connectivity index (χ3v) is 7.75. The molecule has 1 aliphatic heterocycles. The third-order valence-electron chi connectivity index (χ3n) is 4.13. The molecule has 1 aromatic heterocycles. The number of fused-ring (bicyclic) bond motifs is 1. The van der Waals surface area contributed by atoms with Gasteiger partial charge in [0.15, 0.2) is 20.2 Å². The van der Waals surface area contributed by atoms with Gasteiger partial charge in [-0.05, 0) is 35.4 Å². The Balaban J connectivity index is 1.33. The summed E-state index contributed by atoms with van der Waals surface area (Å²) in [4.78, 5) is 0. The first-order valence-electron chi connectivity index (χ1n) is 9.01. The molecule has 9 heteroatoms. The van der Waals surface area contributed by atoms with Crippen molar-refractivity contribution in [1.29, 1.82) is 0 Å². The second kappa shape index (κ2) is 9.93. The highest BCUT2D eigenvalue weighted by molar-refractivity contribution is 8.02. The van der Waals surface area contributed by atoms with E-state index in [1.807, 2.05) is 24.3 Å². The Morgan fingerprint density at radius 1 is 1.00 bits per heavy atom. The Hall–Kier alpha value is -1.61. The van der Waals surface area contributed by atoms with Crippen LogP contribution >= 0.6 is 46.5 Å². The van der Waals surface area contributed by atoms with Gasteiger partial charge in [0.25, 0.3) is 0 Å². The van der Waals surface area contributed by atoms with Crippen LogP contribution in [-0.2, 0) is 11.5 Å². The van der Waals surface area contributed by atoms with Gasteiger partial charge in [-0.2, -0.15) is 0 Å². The average Bonchev–Trinajstić information content (AvgIpc) is 3.06. The smallest absolute Gasteiger partial charge is 0.179 e. The standard InChI is InChI=1S/C20H19ClN2O3S3/c1-24-15-5-3-13(4-6-15)11-27-19-22-23-20(29-19)28-12-14-9-16(21)18-17(10-14)25-7-2-8-26-18/h3-6,9-10H,2,7-8,11-12H2,1H3. The van der Waals surface area contributed by atoms with Crippen LogP contribution < -0.4 is 14.2 Å². The highest BCUT2D eigenvalue weighted by Crippen LogP contribution is 2.40. The average molecular weight is 467 g/mol. The van der Waals surface area contributed by atoms with Crippen LogP contribution in [0.15, 0.2) is 45.1 Å². The fourth-order valence-electron chi connectivity index (χ4n) is 2.69. The van der Waals surface area contributed by atoms with E-state index in [0.29, 0.717) is 24.0 Å². The summed E-state index contributed by atoms with van der Waals surface area (Å²) in [6, 6.07) is 12.0. The first kappa shape index (κ1) is 20.7. The molecule has 5 nitrogen and oxygen atoms in total. The number of halogens is 1. The maximum absolute atomic E-state index is 6.37. The molecule has 0 saturated carbocycles. The van der Waals surface area contributed by atoms with E-state index in [-0.39, 0.29) is 0 Å². The number of nitrogens with zero attached hydrogens (tertiary/aromatic N) is 2. The summed E-state index contributed by atoms with van der Waals surface area (Å²) >= 11 is 11.3. The van der Waals surface area contributed by atoms with Gasteiger partial charge in [-0.25, -0.2) is 0 Å². The van der Waals surface area contributed by atoms with E-state index >= 15 is 0 Å². The molecule has 0 N–H and O–H groups in total. The van der Waals surface area contributed by atoms with E-state index < -0.39 is 0 Å². The second-order valence-corrected chi connectivity index (χ2v) is 10.0. The lowest BCUT2D eigenvalue weighted by molar-refractivity contribution is 0.297. The van der Waals surface area contributed by atoms with Gasteiger partial charge in [0.2, 0.25) is 0 Å². The molecule has 29 heavy (non-hydrogen) atoms. The van der Waals surface area contributed by atoms with Crippen molar-refractivity contribution < 1.29 is 14.2 Å². The number of thioether (sulfide) groups is 2. The minimum Gasteiger partial charge on any atom is -0.497 e. The lowest BCUT2D eigenvalue weighted by Crippen LogP contribution is -1.97. The summed E-state index contributed by atoms with van der Waals surface area (Å²) in [5.41, 5.74) is 2.30. The lowest BCUT2D eigenvalue weighted by atomic mass is 10.2. The van der Waals surface area contributed by atoms with Crippen LogP contribution in [0.1, 0.15) is 17.5 Å². The highest BCUT2D eigenvalue weighted by Gasteiger charge is 2.16. The Morgan fingerprint density at radius 2 is 1.69 bits per heavy atom. The molecule has 0 amide bonds. The van der Waals surface area contributed by atoms with E-state index in [1.165, 1.54) is 5.56 Å². The van der Waals surface area contributed by atoms with Gasteiger partial charge < -0.3 is 14.2 Å². The topological polar surface area (TPSA) is 53.5 Å². The summed E-state index contributed by atoms with van der Waals surface area (Å²) in [5, 5.41) is 9.18. The van der Waals surface area contributed by atoms with Crippen LogP contribution in [0.2, 0.25) is 5.02 Å². The summed E-state index contributed by atoms with van der Waals surface area (Å²) < 4.78 is 18.5. The maximum Gasteiger partial charge on any atom is 0.179 e. The van der Waals surface area contributed by atoms with E-state index in [2.05, 4.69) is 22.3 Å². The van der Waals surface area contributed by atoms with E-state index in [4.69, 9.17) is 25.8 Å². The summed E-state index contributed by atoms with van der Waals surface area (Å²) in [5.74, 6) is 3.82. The predicted molar refractivity (Wildman–Crippen MR) is 119 cm³/mol.